The summed E-state index contributed by atoms with van der Waals surface area (Å²) in [5.41, 5.74) is 3.06. The molecule has 2 aromatic rings. The van der Waals surface area contributed by atoms with Crippen LogP contribution in [0.3, 0.4) is 0 Å². The summed E-state index contributed by atoms with van der Waals surface area (Å²) in [7, 11) is 1.74. The molecule has 92 valence electrons. The normalized spacial score (nSPS) is 10.1. The quantitative estimate of drug-likeness (QED) is 0.897. The topological polar surface area (TPSA) is 46.9 Å². The molecule has 0 aliphatic rings. The predicted molar refractivity (Wildman–Crippen MR) is 72.4 cm³/mol. The van der Waals surface area contributed by atoms with E-state index < -0.39 is 0 Å². The lowest BCUT2D eigenvalue weighted by Gasteiger charge is -2.08. The van der Waals surface area contributed by atoms with Crippen LogP contribution in [0.4, 0.5) is 5.69 Å². The van der Waals surface area contributed by atoms with E-state index in [0.717, 1.165) is 16.8 Å². The fraction of sp³-hybridized carbons (Fsp3) is 0.143. The van der Waals surface area contributed by atoms with Gasteiger partial charge in [0.2, 0.25) is 0 Å². The number of para-hydroxylation sites is 1. The van der Waals surface area contributed by atoms with Crippen LogP contribution in [-0.4, -0.2) is 15.7 Å². The van der Waals surface area contributed by atoms with Crippen molar-refractivity contribution < 1.29 is 4.79 Å². The molecular formula is C14H15N3O. The molecule has 1 amide bonds. The van der Waals surface area contributed by atoms with Crippen molar-refractivity contribution in [2.24, 2.45) is 7.05 Å². The molecule has 1 aromatic heterocycles. The molecule has 0 saturated carbocycles. The maximum atomic E-state index is 12.2. The second kappa shape index (κ2) is 4.87. The van der Waals surface area contributed by atoms with Gasteiger partial charge in [-0.05, 0) is 18.6 Å². The van der Waals surface area contributed by atoms with Crippen LogP contribution >= 0.6 is 0 Å². The first-order valence-electron chi connectivity index (χ1n) is 5.65. The summed E-state index contributed by atoms with van der Waals surface area (Å²) in [6.07, 6.45) is 3.25. The summed E-state index contributed by atoms with van der Waals surface area (Å²) in [6, 6.07) is 7.65. The van der Waals surface area contributed by atoms with E-state index in [9.17, 15) is 4.79 Å². The smallest absolute Gasteiger partial charge is 0.274 e. The van der Waals surface area contributed by atoms with Crippen LogP contribution in [0.5, 0.6) is 0 Å². The van der Waals surface area contributed by atoms with E-state index in [2.05, 4.69) is 17.0 Å². The first-order chi connectivity index (χ1) is 8.63. The van der Waals surface area contributed by atoms with Crippen molar-refractivity contribution >= 4 is 17.7 Å². The monoisotopic (exact) mass is 241 g/mol. The number of hydrogen-bond donors (Lipinski definition) is 1. The van der Waals surface area contributed by atoms with Crippen molar-refractivity contribution in [3.63, 3.8) is 0 Å². The van der Waals surface area contributed by atoms with Crippen LogP contribution in [0, 0.1) is 6.92 Å². The van der Waals surface area contributed by atoms with E-state index in [4.69, 9.17) is 0 Å². The summed E-state index contributed by atoms with van der Waals surface area (Å²) in [5, 5.41) is 6.94. The Morgan fingerprint density at radius 2 is 2.17 bits per heavy atom. The molecule has 0 spiro atoms. The van der Waals surface area contributed by atoms with E-state index in [1.54, 1.807) is 24.0 Å². The highest BCUT2D eigenvalue weighted by molar-refractivity contribution is 6.05. The van der Waals surface area contributed by atoms with Crippen molar-refractivity contribution in [3.05, 3.63) is 53.9 Å². The third kappa shape index (κ3) is 2.18. The molecule has 18 heavy (non-hydrogen) atoms. The molecule has 0 unspecified atom stereocenters. The molecular weight excluding hydrogens is 226 g/mol. The number of aromatic nitrogens is 2. The standard InChI is InChI=1S/C14H15N3O/c1-4-11-9-15-17(3)13(11)14(18)16-12-8-6-5-7-10(12)2/h4-9H,1H2,2-3H3,(H,16,18). The number of nitrogens with one attached hydrogen (secondary N) is 1. The summed E-state index contributed by atoms with van der Waals surface area (Å²) in [5.74, 6) is -0.181. The molecule has 0 aliphatic carbocycles. The van der Waals surface area contributed by atoms with Gasteiger partial charge in [0.15, 0.2) is 0 Å². The van der Waals surface area contributed by atoms with Gasteiger partial charge < -0.3 is 5.32 Å². The number of carbonyl (C=O) groups excluding carboxylic acids is 1. The van der Waals surface area contributed by atoms with Gasteiger partial charge in [-0.1, -0.05) is 30.9 Å². The molecule has 0 fully saturated rings. The average Bonchev–Trinajstić information content (AvgIpc) is 2.73. The molecule has 0 radical (unpaired) electrons. The molecule has 0 saturated heterocycles. The highest BCUT2D eigenvalue weighted by Gasteiger charge is 2.15. The van der Waals surface area contributed by atoms with Gasteiger partial charge in [0.25, 0.3) is 5.91 Å². The van der Waals surface area contributed by atoms with Gasteiger partial charge in [-0.2, -0.15) is 5.10 Å². The highest BCUT2D eigenvalue weighted by atomic mass is 16.2. The number of nitrogens with zero attached hydrogens (tertiary/aromatic N) is 2. The molecule has 2 rings (SSSR count). The molecule has 0 bridgehead atoms. The van der Waals surface area contributed by atoms with Gasteiger partial charge in [-0.15, -0.1) is 0 Å². The van der Waals surface area contributed by atoms with E-state index >= 15 is 0 Å². The minimum Gasteiger partial charge on any atom is -0.320 e. The van der Waals surface area contributed by atoms with Crippen LogP contribution < -0.4 is 5.32 Å². The molecule has 4 heteroatoms. The van der Waals surface area contributed by atoms with E-state index in [0.29, 0.717) is 5.69 Å². The maximum absolute atomic E-state index is 12.2. The second-order valence-corrected chi connectivity index (χ2v) is 4.05. The lowest BCUT2D eigenvalue weighted by molar-refractivity contribution is 0.101. The molecule has 4 nitrogen and oxygen atoms in total. The van der Waals surface area contributed by atoms with Crippen LogP contribution in [0.1, 0.15) is 21.6 Å². The second-order valence-electron chi connectivity index (χ2n) is 4.05. The zero-order valence-electron chi connectivity index (χ0n) is 10.5. The first-order valence-corrected chi connectivity index (χ1v) is 5.65. The van der Waals surface area contributed by atoms with Crippen LogP contribution in [0.25, 0.3) is 6.08 Å². The number of carbonyl (C=O) groups is 1. The van der Waals surface area contributed by atoms with E-state index in [1.165, 1.54) is 0 Å². The van der Waals surface area contributed by atoms with Crippen LogP contribution in [0.2, 0.25) is 0 Å². The Balaban J connectivity index is 2.30. The SMILES string of the molecule is C=Cc1cnn(C)c1C(=O)Nc1ccccc1C. The third-order valence-corrected chi connectivity index (χ3v) is 2.80. The lowest BCUT2D eigenvalue weighted by atomic mass is 10.2. The zero-order chi connectivity index (χ0) is 13.1. The summed E-state index contributed by atoms with van der Waals surface area (Å²) < 4.78 is 1.55. The Bertz CT molecular complexity index is 599. The minimum absolute atomic E-state index is 0.181. The maximum Gasteiger partial charge on any atom is 0.274 e. The predicted octanol–water partition coefficient (Wildman–Crippen LogP) is 2.62. The largest absolute Gasteiger partial charge is 0.320 e. The van der Waals surface area contributed by atoms with E-state index in [1.807, 2.05) is 31.2 Å². The van der Waals surface area contributed by atoms with Gasteiger partial charge >= 0.3 is 0 Å². The Kier molecular flexibility index (Phi) is 3.28. The van der Waals surface area contributed by atoms with Gasteiger partial charge in [0.1, 0.15) is 5.69 Å². The Morgan fingerprint density at radius 1 is 1.44 bits per heavy atom. The average molecular weight is 241 g/mol. The number of anilines is 1. The summed E-state index contributed by atoms with van der Waals surface area (Å²) >= 11 is 0. The Labute approximate surface area is 106 Å². The Morgan fingerprint density at radius 3 is 2.83 bits per heavy atom. The van der Waals surface area contributed by atoms with Crippen LogP contribution in [0.15, 0.2) is 37.0 Å². The minimum atomic E-state index is -0.181. The fourth-order valence-corrected chi connectivity index (χ4v) is 1.78. The van der Waals surface area contributed by atoms with Gasteiger partial charge in [-0.25, -0.2) is 0 Å². The number of rotatable bonds is 3. The van der Waals surface area contributed by atoms with Gasteiger partial charge in [-0.3, -0.25) is 9.48 Å². The van der Waals surface area contributed by atoms with E-state index in [-0.39, 0.29) is 5.91 Å². The molecule has 1 N–H and O–H groups in total. The van der Waals surface area contributed by atoms with Crippen molar-refractivity contribution in [1.29, 1.82) is 0 Å². The number of hydrogen-bond acceptors (Lipinski definition) is 2. The molecule has 1 heterocycles. The van der Waals surface area contributed by atoms with Gasteiger partial charge in [0, 0.05) is 18.3 Å². The Hall–Kier alpha value is -2.36. The highest BCUT2D eigenvalue weighted by Crippen LogP contribution is 2.16. The van der Waals surface area contributed by atoms with Crippen molar-refractivity contribution in [2.75, 3.05) is 5.32 Å². The zero-order valence-corrected chi connectivity index (χ0v) is 10.5. The van der Waals surface area contributed by atoms with Crippen molar-refractivity contribution in [3.8, 4) is 0 Å². The molecule has 0 atom stereocenters. The first kappa shape index (κ1) is 12.1. The molecule has 0 aliphatic heterocycles. The lowest BCUT2D eigenvalue weighted by Crippen LogP contribution is -2.17. The number of amides is 1. The van der Waals surface area contributed by atoms with Crippen molar-refractivity contribution in [1.82, 2.24) is 9.78 Å². The fourth-order valence-electron chi connectivity index (χ4n) is 1.78. The number of benzene rings is 1. The summed E-state index contributed by atoms with van der Waals surface area (Å²) in [4.78, 5) is 12.2. The third-order valence-electron chi connectivity index (χ3n) is 2.80. The van der Waals surface area contributed by atoms with Gasteiger partial charge in [0.05, 0.1) is 6.20 Å². The van der Waals surface area contributed by atoms with Crippen molar-refractivity contribution in [2.45, 2.75) is 6.92 Å². The molecule has 1 aromatic carbocycles. The number of aryl methyl sites for hydroxylation is 2. The summed E-state index contributed by atoms with van der Waals surface area (Å²) in [6.45, 7) is 5.63. The van der Waals surface area contributed by atoms with Crippen LogP contribution in [-0.2, 0) is 7.05 Å².